The largest absolute Gasteiger partial charge is 0.315 e. The topological polar surface area (TPSA) is 92.6 Å². The minimum absolute atomic E-state index is 0. The molecular weight excluding hydrogens is 398 g/mol. The lowest BCUT2D eigenvalue weighted by Gasteiger charge is -2.23. The Kier molecular flexibility index (Phi) is 6.34. The van der Waals surface area contributed by atoms with Gasteiger partial charge in [0.05, 0.1) is 9.82 Å². The fraction of sp³-hybridized carbons (Fsp3) is 0.500. The maximum Gasteiger partial charge on any atom is 0.274 e. The minimum Gasteiger partial charge on any atom is -0.315 e. The summed E-state index contributed by atoms with van der Waals surface area (Å²) in [5, 5.41) is 14.1. The molecule has 1 atom stereocenters. The standard InChI is InChI=1S/C12H16BrN3O4S.ClH/c1-8-11(13)5-10(6-12(8)16(17)18)21(19,20)15(2)9-3-4-14-7-9;/h5-6,9,14H,3-4,7H2,1-2H3;1H. The zero-order valence-corrected chi connectivity index (χ0v) is 15.3. The second kappa shape index (κ2) is 7.22. The number of nitro benzene ring substituents is 1. The van der Waals surface area contributed by atoms with Crippen molar-refractivity contribution in [2.75, 3.05) is 20.1 Å². The molecule has 1 fully saturated rings. The van der Waals surface area contributed by atoms with Crippen molar-refractivity contribution in [2.45, 2.75) is 24.3 Å². The third-order valence-electron chi connectivity index (χ3n) is 3.71. The zero-order chi connectivity index (χ0) is 15.8. The quantitative estimate of drug-likeness (QED) is 0.601. The maximum atomic E-state index is 12.6. The molecule has 1 N–H and O–H groups in total. The lowest BCUT2D eigenvalue weighted by molar-refractivity contribution is -0.385. The van der Waals surface area contributed by atoms with Crippen molar-refractivity contribution in [3.8, 4) is 0 Å². The first-order valence-corrected chi connectivity index (χ1v) is 8.61. The monoisotopic (exact) mass is 413 g/mol. The van der Waals surface area contributed by atoms with E-state index in [9.17, 15) is 18.5 Å². The van der Waals surface area contributed by atoms with Gasteiger partial charge in [-0.05, 0) is 26.0 Å². The van der Waals surface area contributed by atoms with Gasteiger partial charge in [-0.1, -0.05) is 15.9 Å². The van der Waals surface area contributed by atoms with Gasteiger partial charge in [0.25, 0.3) is 5.69 Å². The van der Waals surface area contributed by atoms with Crippen LogP contribution in [0.4, 0.5) is 5.69 Å². The van der Waals surface area contributed by atoms with Gasteiger partial charge < -0.3 is 5.32 Å². The highest BCUT2D eigenvalue weighted by Crippen LogP contribution is 2.31. The van der Waals surface area contributed by atoms with Crippen LogP contribution in [0.25, 0.3) is 0 Å². The third kappa shape index (κ3) is 3.60. The molecule has 0 aromatic heterocycles. The van der Waals surface area contributed by atoms with E-state index in [1.165, 1.54) is 17.4 Å². The van der Waals surface area contributed by atoms with Crippen LogP contribution in [0.1, 0.15) is 12.0 Å². The summed E-state index contributed by atoms with van der Waals surface area (Å²) in [5.41, 5.74) is 0.199. The van der Waals surface area contributed by atoms with E-state index >= 15 is 0 Å². The molecule has 1 aromatic carbocycles. The van der Waals surface area contributed by atoms with Crippen molar-refractivity contribution < 1.29 is 13.3 Å². The van der Waals surface area contributed by atoms with Crippen LogP contribution in [-0.4, -0.2) is 43.8 Å². The number of hydrogen-bond acceptors (Lipinski definition) is 5. The lowest BCUT2D eigenvalue weighted by Crippen LogP contribution is -2.38. The molecule has 0 aliphatic carbocycles. The highest BCUT2D eigenvalue weighted by Gasteiger charge is 2.31. The summed E-state index contributed by atoms with van der Waals surface area (Å²) in [7, 11) is -2.25. The van der Waals surface area contributed by atoms with E-state index in [0.29, 0.717) is 16.6 Å². The van der Waals surface area contributed by atoms with Gasteiger partial charge >= 0.3 is 0 Å². The van der Waals surface area contributed by atoms with E-state index < -0.39 is 14.9 Å². The molecule has 1 aromatic rings. The molecule has 22 heavy (non-hydrogen) atoms. The predicted octanol–water partition coefficient (Wildman–Crippen LogP) is 2.07. The Hall–Kier alpha value is -0.740. The number of rotatable bonds is 4. The van der Waals surface area contributed by atoms with Crippen LogP contribution in [0.15, 0.2) is 21.5 Å². The number of nitrogens with zero attached hydrogens (tertiary/aromatic N) is 2. The molecule has 1 heterocycles. The summed E-state index contributed by atoms with van der Waals surface area (Å²) in [6.45, 7) is 2.93. The summed E-state index contributed by atoms with van der Waals surface area (Å²) in [6, 6.07) is 2.40. The van der Waals surface area contributed by atoms with E-state index in [1.807, 2.05) is 0 Å². The van der Waals surface area contributed by atoms with Gasteiger partial charge in [0.1, 0.15) is 0 Å². The second-order valence-corrected chi connectivity index (χ2v) is 7.83. The minimum atomic E-state index is -3.76. The van der Waals surface area contributed by atoms with Gasteiger partial charge in [-0.15, -0.1) is 12.4 Å². The number of hydrogen-bond donors (Lipinski definition) is 1. The first-order valence-electron chi connectivity index (χ1n) is 6.38. The second-order valence-electron chi connectivity index (χ2n) is 4.97. The SMILES string of the molecule is Cc1c(Br)cc(S(=O)(=O)N(C)C2CCNC2)cc1[N+](=O)[O-].Cl. The van der Waals surface area contributed by atoms with Crippen LogP contribution in [0.3, 0.4) is 0 Å². The van der Waals surface area contributed by atoms with Gasteiger partial charge in [-0.25, -0.2) is 8.42 Å². The molecule has 0 bridgehead atoms. The normalized spacial score (nSPS) is 18.3. The maximum absolute atomic E-state index is 12.6. The van der Waals surface area contributed by atoms with E-state index in [2.05, 4.69) is 21.2 Å². The number of likely N-dealkylation sites (N-methyl/N-ethyl adjacent to an activating group) is 1. The third-order valence-corrected chi connectivity index (χ3v) is 6.42. The van der Waals surface area contributed by atoms with Gasteiger partial charge in [-0.3, -0.25) is 10.1 Å². The molecule has 0 spiro atoms. The molecule has 1 aliphatic rings. The predicted molar refractivity (Wildman–Crippen MR) is 89.0 cm³/mol. The molecule has 0 radical (unpaired) electrons. The number of nitrogens with one attached hydrogen (secondary N) is 1. The van der Waals surface area contributed by atoms with Gasteiger partial charge in [0.15, 0.2) is 0 Å². The van der Waals surface area contributed by atoms with E-state index in [-0.39, 0.29) is 29.0 Å². The van der Waals surface area contributed by atoms with Gasteiger partial charge in [-0.2, -0.15) is 4.31 Å². The van der Waals surface area contributed by atoms with E-state index in [0.717, 1.165) is 19.0 Å². The van der Waals surface area contributed by atoms with E-state index in [1.54, 1.807) is 6.92 Å². The summed E-state index contributed by atoms with van der Waals surface area (Å²) in [6.07, 6.45) is 0.727. The molecule has 7 nitrogen and oxygen atoms in total. The van der Waals surface area contributed by atoms with Gasteiger partial charge in [0.2, 0.25) is 10.0 Å². The molecule has 124 valence electrons. The Labute approximate surface area is 143 Å². The molecule has 1 saturated heterocycles. The lowest BCUT2D eigenvalue weighted by atomic mass is 10.2. The van der Waals surface area contributed by atoms with Gasteiger partial charge in [0, 0.05) is 35.7 Å². The van der Waals surface area contributed by atoms with Crippen molar-refractivity contribution in [1.29, 1.82) is 0 Å². The molecule has 1 aliphatic heterocycles. The Morgan fingerprint density at radius 2 is 2.09 bits per heavy atom. The zero-order valence-electron chi connectivity index (χ0n) is 12.1. The molecule has 10 heteroatoms. The number of nitro groups is 1. The fourth-order valence-corrected chi connectivity index (χ4v) is 4.32. The van der Waals surface area contributed by atoms with Crippen LogP contribution in [0.2, 0.25) is 0 Å². The smallest absolute Gasteiger partial charge is 0.274 e. The van der Waals surface area contributed by atoms with Crippen molar-refractivity contribution >= 4 is 44.0 Å². The Bertz CT molecular complexity index is 677. The van der Waals surface area contributed by atoms with Crippen LogP contribution >= 0.6 is 28.3 Å². The summed E-state index contributed by atoms with van der Waals surface area (Å²) in [5.74, 6) is 0. The molecule has 1 unspecified atom stereocenters. The average Bonchev–Trinajstić information content (AvgIpc) is 2.94. The highest BCUT2D eigenvalue weighted by atomic mass is 79.9. The first kappa shape index (κ1) is 19.3. The summed E-state index contributed by atoms with van der Waals surface area (Å²) in [4.78, 5) is 10.4. The van der Waals surface area contributed by atoms with Crippen molar-refractivity contribution in [1.82, 2.24) is 9.62 Å². The Balaban J connectivity index is 0.00000242. The Morgan fingerprint density at radius 1 is 1.45 bits per heavy atom. The van der Waals surface area contributed by atoms with Crippen molar-refractivity contribution in [3.63, 3.8) is 0 Å². The first-order chi connectivity index (χ1) is 9.75. The highest BCUT2D eigenvalue weighted by molar-refractivity contribution is 9.10. The van der Waals surface area contributed by atoms with Crippen LogP contribution < -0.4 is 5.32 Å². The van der Waals surface area contributed by atoms with Crippen molar-refractivity contribution in [2.24, 2.45) is 0 Å². The molecule has 0 amide bonds. The van der Waals surface area contributed by atoms with Crippen LogP contribution in [-0.2, 0) is 10.0 Å². The van der Waals surface area contributed by atoms with Crippen LogP contribution in [0, 0.1) is 17.0 Å². The Morgan fingerprint density at radius 3 is 2.59 bits per heavy atom. The molecule has 2 rings (SSSR count). The number of benzene rings is 1. The summed E-state index contributed by atoms with van der Waals surface area (Å²) >= 11 is 3.19. The molecule has 0 saturated carbocycles. The number of halogens is 2. The average molecular weight is 415 g/mol. The molecular formula is C12H17BrClN3O4S. The van der Waals surface area contributed by atoms with E-state index in [4.69, 9.17) is 0 Å². The summed E-state index contributed by atoms with van der Waals surface area (Å²) < 4.78 is 26.9. The fourth-order valence-electron chi connectivity index (χ4n) is 2.29. The van der Waals surface area contributed by atoms with Crippen molar-refractivity contribution in [3.05, 3.63) is 32.3 Å². The van der Waals surface area contributed by atoms with Crippen LogP contribution in [0.5, 0.6) is 0 Å². The number of sulfonamides is 1.